The molecule has 0 radical (unpaired) electrons. The third-order valence-electron chi connectivity index (χ3n) is 3.98. The van der Waals surface area contributed by atoms with Gasteiger partial charge in [0.15, 0.2) is 0 Å². The highest BCUT2D eigenvalue weighted by molar-refractivity contribution is 5.97. The van der Waals surface area contributed by atoms with Crippen molar-refractivity contribution in [2.75, 3.05) is 0 Å². The number of carbonyl (C=O) groups is 2. The van der Waals surface area contributed by atoms with Crippen molar-refractivity contribution < 1.29 is 9.59 Å². The van der Waals surface area contributed by atoms with Gasteiger partial charge in [0.25, 0.3) is 5.91 Å². The molecule has 5 heteroatoms. The summed E-state index contributed by atoms with van der Waals surface area (Å²) in [6.45, 7) is 3.92. The van der Waals surface area contributed by atoms with Crippen molar-refractivity contribution in [3.63, 3.8) is 0 Å². The predicted molar refractivity (Wildman–Crippen MR) is 91.2 cm³/mol. The highest BCUT2D eigenvalue weighted by atomic mass is 16.2. The Morgan fingerprint density at radius 1 is 1.12 bits per heavy atom. The van der Waals surface area contributed by atoms with Crippen molar-refractivity contribution in [2.24, 2.45) is 5.73 Å². The van der Waals surface area contributed by atoms with E-state index in [4.69, 9.17) is 11.0 Å². The van der Waals surface area contributed by atoms with Gasteiger partial charge in [0, 0.05) is 12.0 Å². The first-order valence-electron chi connectivity index (χ1n) is 7.58. The third kappa shape index (κ3) is 3.99. The smallest absolute Gasteiger partial charge is 0.251 e. The lowest BCUT2D eigenvalue weighted by Gasteiger charge is -2.18. The van der Waals surface area contributed by atoms with Gasteiger partial charge in [0.05, 0.1) is 11.6 Å². The second kappa shape index (κ2) is 7.42. The molecule has 2 aromatic carbocycles. The van der Waals surface area contributed by atoms with Gasteiger partial charge in [0.2, 0.25) is 5.91 Å². The molecule has 0 bridgehead atoms. The van der Waals surface area contributed by atoms with E-state index in [2.05, 4.69) is 5.32 Å². The van der Waals surface area contributed by atoms with Crippen LogP contribution in [0.5, 0.6) is 0 Å². The summed E-state index contributed by atoms with van der Waals surface area (Å²) in [6, 6.07) is 13.3. The fraction of sp³-hybridized carbons (Fsp3) is 0.211. The standard InChI is InChI=1S/C19H19N3O2/c1-12-4-3-5-13(2)16(12)10-17(18(21)23)22-19(24)15-8-6-14(11-20)7-9-15/h3-9,17H,10H2,1-2H3,(H2,21,23)(H,22,24)/t17-/m0/s1. The molecule has 2 aromatic rings. The summed E-state index contributed by atoms with van der Waals surface area (Å²) < 4.78 is 0. The molecule has 0 heterocycles. The second-order valence-electron chi connectivity index (χ2n) is 5.69. The van der Waals surface area contributed by atoms with Gasteiger partial charge in [0.1, 0.15) is 6.04 Å². The number of carbonyl (C=O) groups excluding carboxylic acids is 2. The Labute approximate surface area is 141 Å². The largest absolute Gasteiger partial charge is 0.368 e. The summed E-state index contributed by atoms with van der Waals surface area (Å²) in [6.07, 6.45) is 0.343. The summed E-state index contributed by atoms with van der Waals surface area (Å²) in [5.41, 5.74) is 9.40. The molecule has 0 saturated heterocycles. The van der Waals surface area contributed by atoms with Gasteiger partial charge in [-0.3, -0.25) is 9.59 Å². The van der Waals surface area contributed by atoms with Gasteiger partial charge in [-0.15, -0.1) is 0 Å². The van der Waals surface area contributed by atoms with Crippen molar-refractivity contribution in [1.82, 2.24) is 5.32 Å². The molecule has 0 unspecified atom stereocenters. The average Bonchev–Trinajstić information content (AvgIpc) is 2.57. The fourth-order valence-corrected chi connectivity index (χ4v) is 2.54. The second-order valence-corrected chi connectivity index (χ2v) is 5.69. The Hall–Kier alpha value is -3.13. The maximum Gasteiger partial charge on any atom is 0.251 e. The van der Waals surface area contributed by atoms with Crippen LogP contribution in [-0.4, -0.2) is 17.9 Å². The van der Waals surface area contributed by atoms with Crippen LogP contribution < -0.4 is 11.1 Å². The number of nitrogens with zero attached hydrogens (tertiary/aromatic N) is 1. The minimum Gasteiger partial charge on any atom is -0.368 e. The van der Waals surface area contributed by atoms with Crippen LogP contribution in [0, 0.1) is 25.2 Å². The van der Waals surface area contributed by atoms with Crippen molar-refractivity contribution in [3.05, 3.63) is 70.3 Å². The van der Waals surface area contributed by atoms with Gasteiger partial charge in [-0.2, -0.15) is 5.26 Å². The first kappa shape index (κ1) is 17.2. The van der Waals surface area contributed by atoms with Crippen molar-refractivity contribution in [2.45, 2.75) is 26.3 Å². The van der Waals surface area contributed by atoms with Crippen molar-refractivity contribution in [1.29, 1.82) is 5.26 Å². The van der Waals surface area contributed by atoms with Crippen LogP contribution >= 0.6 is 0 Å². The van der Waals surface area contributed by atoms with E-state index in [1.807, 2.05) is 38.1 Å². The van der Waals surface area contributed by atoms with Crippen LogP contribution in [0.25, 0.3) is 0 Å². The van der Waals surface area contributed by atoms with Gasteiger partial charge in [-0.25, -0.2) is 0 Å². The lowest BCUT2D eigenvalue weighted by molar-refractivity contribution is -0.119. The first-order valence-corrected chi connectivity index (χ1v) is 7.58. The van der Waals surface area contributed by atoms with Crippen LogP contribution in [0.2, 0.25) is 0 Å². The predicted octanol–water partition coefficient (Wildman–Crippen LogP) is 2.00. The van der Waals surface area contributed by atoms with Gasteiger partial charge >= 0.3 is 0 Å². The molecule has 2 rings (SSSR count). The number of nitrogens with one attached hydrogen (secondary N) is 1. The van der Waals surface area contributed by atoms with Crippen LogP contribution in [0.3, 0.4) is 0 Å². The number of nitrogens with two attached hydrogens (primary N) is 1. The van der Waals surface area contributed by atoms with E-state index in [0.717, 1.165) is 16.7 Å². The molecule has 0 aromatic heterocycles. The monoisotopic (exact) mass is 321 g/mol. The van der Waals surface area contributed by atoms with E-state index in [0.29, 0.717) is 17.5 Å². The molecule has 0 spiro atoms. The number of amides is 2. The Balaban J connectivity index is 2.18. The van der Waals surface area contributed by atoms with Crippen LogP contribution in [0.4, 0.5) is 0 Å². The minimum absolute atomic E-state index is 0.343. The lowest BCUT2D eigenvalue weighted by Crippen LogP contribution is -2.46. The van der Waals surface area contributed by atoms with Crippen LogP contribution in [-0.2, 0) is 11.2 Å². The molecule has 0 fully saturated rings. The highest BCUT2D eigenvalue weighted by Crippen LogP contribution is 2.16. The molecule has 3 N–H and O–H groups in total. The summed E-state index contributed by atoms with van der Waals surface area (Å²) in [5.74, 6) is -0.978. The average molecular weight is 321 g/mol. The Morgan fingerprint density at radius 2 is 1.71 bits per heavy atom. The van der Waals surface area contributed by atoms with Crippen molar-refractivity contribution >= 4 is 11.8 Å². The van der Waals surface area contributed by atoms with E-state index < -0.39 is 17.9 Å². The molecule has 2 amide bonds. The number of hydrogen-bond acceptors (Lipinski definition) is 3. The number of hydrogen-bond donors (Lipinski definition) is 2. The van der Waals surface area contributed by atoms with Gasteiger partial charge in [-0.1, -0.05) is 18.2 Å². The number of benzene rings is 2. The van der Waals surface area contributed by atoms with Gasteiger partial charge < -0.3 is 11.1 Å². The summed E-state index contributed by atoms with van der Waals surface area (Å²) >= 11 is 0. The zero-order valence-electron chi connectivity index (χ0n) is 13.7. The maximum absolute atomic E-state index is 12.3. The SMILES string of the molecule is Cc1cccc(C)c1C[C@H](NC(=O)c1ccc(C#N)cc1)C(N)=O. The molecule has 5 nitrogen and oxygen atoms in total. The van der Waals surface area contributed by atoms with Crippen molar-refractivity contribution in [3.8, 4) is 6.07 Å². The zero-order valence-corrected chi connectivity index (χ0v) is 13.7. The molecule has 122 valence electrons. The van der Waals surface area contributed by atoms with E-state index in [9.17, 15) is 9.59 Å². The zero-order chi connectivity index (χ0) is 17.7. The highest BCUT2D eigenvalue weighted by Gasteiger charge is 2.21. The molecular weight excluding hydrogens is 302 g/mol. The molecule has 1 atom stereocenters. The Morgan fingerprint density at radius 3 is 2.21 bits per heavy atom. The van der Waals surface area contributed by atoms with Crippen LogP contribution in [0.15, 0.2) is 42.5 Å². The molecule has 0 aliphatic rings. The lowest BCUT2D eigenvalue weighted by atomic mass is 9.96. The molecule has 0 saturated carbocycles. The Bertz CT molecular complexity index is 784. The molecular formula is C19H19N3O2. The van der Waals surface area contributed by atoms with Crippen LogP contribution in [0.1, 0.15) is 32.6 Å². The number of aryl methyl sites for hydroxylation is 2. The van der Waals surface area contributed by atoms with E-state index in [-0.39, 0.29) is 0 Å². The summed E-state index contributed by atoms with van der Waals surface area (Å²) in [4.78, 5) is 24.1. The van der Waals surface area contributed by atoms with Gasteiger partial charge in [-0.05, 0) is 54.8 Å². The normalized spacial score (nSPS) is 11.4. The quantitative estimate of drug-likeness (QED) is 0.881. The Kier molecular flexibility index (Phi) is 5.33. The summed E-state index contributed by atoms with van der Waals surface area (Å²) in [5, 5.41) is 11.5. The molecule has 0 aliphatic carbocycles. The number of rotatable bonds is 5. The fourth-order valence-electron chi connectivity index (χ4n) is 2.54. The third-order valence-corrected chi connectivity index (χ3v) is 3.98. The summed E-state index contributed by atoms with van der Waals surface area (Å²) in [7, 11) is 0. The molecule has 0 aliphatic heterocycles. The number of nitriles is 1. The first-order chi connectivity index (χ1) is 11.4. The van der Waals surface area contributed by atoms with E-state index >= 15 is 0 Å². The minimum atomic E-state index is -0.798. The van der Waals surface area contributed by atoms with E-state index in [1.165, 1.54) is 0 Å². The maximum atomic E-state index is 12.3. The molecule has 24 heavy (non-hydrogen) atoms. The van der Waals surface area contributed by atoms with E-state index in [1.54, 1.807) is 24.3 Å². The topological polar surface area (TPSA) is 96.0 Å². The number of primary amides is 1.